The molecule has 5 nitrogen and oxygen atoms in total. The number of amides is 2. The molecule has 2 aliphatic carbocycles. The van der Waals surface area contributed by atoms with E-state index in [1.54, 1.807) is 0 Å². The molecular formula is C17H20N2O3. The van der Waals surface area contributed by atoms with Crippen molar-refractivity contribution in [3.63, 3.8) is 0 Å². The molecule has 2 amide bonds. The number of hydrogen-bond acceptors (Lipinski definition) is 3. The van der Waals surface area contributed by atoms with Gasteiger partial charge in [0, 0.05) is 23.9 Å². The fourth-order valence-electron chi connectivity index (χ4n) is 3.73. The van der Waals surface area contributed by atoms with Gasteiger partial charge in [-0.25, -0.2) is 5.06 Å². The van der Waals surface area contributed by atoms with Gasteiger partial charge in [-0.15, -0.1) is 0 Å². The van der Waals surface area contributed by atoms with Gasteiger partial charge in [0.15, 0.2) is 0 Å². The van der Waals surface area contributed by atoms with Gasteiger partial charge in [-0.3, -0.25) is 14.8 Å². The number of nitrogens with one attached hydrogen (secondary N) is 1. The van der Waals surface area contributed by atoms with Crippen molar-refractivity contribution in [3.05, 3.63) is 34.9 Å². The van der Waals surface area contributed by atoms with Crippen LogP contribution < -0.4 is 5.32 Å². The van der Waals surface area contributed by atoms with E-state index in [1.165, 1.54) is 5.56 Å². The number of hydroxylamine groups is 2. The smallest absolute Gasteiger partial charge is 0.277 e. The largest absolute Gasteiger partial charge is 0.356 e. The third kappa shape index (κ3) is 2.29. The van der Waals surface area contributed by atoms with Crippen LogP contribution in [0.15, 0.2) is 18.2 Å². The number of benzene rings is 1. The number of aryl methyl sites for hydroxylation is 1. The summed E-state index contributed by atoms with van der Waals surface area (Å²) in [7, 11) is 0. The Morgan fingerprint density at radius 3 is 2.77 bits per heavy atom. The topological polar surface area (TPSA) is 69.6 Å². The van der Waals surface area contributed by atoms with Gasteiger partial charge in [0.05, 0.1) is 6.04 Å². The molecule has 4 rings (SSSR count). The number of carbonyl (C=O) groups excluding carboxylic acids is 2. The van der Waals surface area contributed by atoms with Crippen molar-refractivity contribution in [2.24, 2.45) is 5.41 Å². The number of hydrogen-bond donors (Lipinski definition) is 2. The van der Waals surface area contributed by atoms with Gasteiger partial charge in [-0.1, -0.05) is 6.07 Å². The summed E-state index contributed by atoms with van der Waals surface area (Å²) in [6.45, 7) is 0.734. The molecule has 2 N–H and O–H groups in total. The first-order valence-corrected chi connectivity index (χ1v) is 7.97. The molecule has 1 spiro atoms. The molecule has 1 aromatic carbocycles. The van der Waals surface area contributed by atoms with Crippen LogP contribution in [0.4, 0.5) is 0 Å². The number of nitrogens with zero attached hydrogens (tertiary/aromatic N) is 1. The molecule has 1 heterocycles. The Morgan fingerprint density at radius 2 is 2.09 bits per heavy atom. The second-order valence-electron chi connectivity index (χ2n) is 6.99. The van der Waals surface area contributed by atoms with E-state index >= 15 is 0 Å². The van der Waals surface area contributed by atoms with Crippen LogP contribution in [0.1, 0.15) is 47.2 Å². The molecule has 1 atom stereocenters. The molecule has 22 heavy (non-hydrogen) atoms. The summed E-state index contributed by atoms with van der Waals surface area (Å²) in [6.07, 6.45) is 5.13. The summed E-state index contributed by atoms with van der Waals surface area (Å²) in [5, 5.41) is 13.7. The maximum atomic E-state index is 12.3. The molecule has 0 unspecified atom stereocenters. The minimum absolute atomic E-state index is 0.00784. The molecule has 5 heteroatoms. The highest BCUT2D eigenvalue weighted by Gasteiger charge is 2.41. The van der Waals surface area contributed by atoms with Crippen molar-refractivity contribution in [2.45, 2.75) is 44.6 Å². The Morgan fingerprint density at radius 1 is 1.27 bits per heavy atom. The molecule has 0 radical (unpaired) electrons. The lowest BCUT2D eigenvalue weighted by Gasteiger charge is -2.33. The summed E-state index contributed by atoms with van der Waals surface area (Å²) in [6, 6.07) is 5.71. The van der Waals surface area contributed by atoms with E-state index in [-0.39, 0.29) is 23.3 Å². The van der Waals surface area contributed by atoms with Crippen molar-refractivity contribution >= 4 is 11.8 Å². The van der Waals surface area contributed by atoms with E-state index in [0.29, 0.717) is 12.0 Å². The standard InChI is InChI=1S/C17H20N2O3/c20-15-9-17(10-18-15)6-5-11-1-2-12(7-13(11)8-17)16(21)19(22)14-3-4-14/h1-2,7,14,22H,3-6,8-10H2,(H,18,20)/t17-/m1/s1. The van der Waals surface area contributed by atoms with Gasteiger partial charge in [0.2, 0.25) is 5.91 Å². The van der Waals surface area contributed by atoms with E-state index in [2.05, 4.69) is 5.32 Å². The van der Waals surface area contributed by atoms with Crippen LogP contribution >= 0.6 is 0 Å². The van der Waals surface area contributed by atoms with Crippen LogP contribution in [0.2, 0.25) is 0 Å². The normalized spacial score (nSPS) is 26.7. The quantitative estimate of drug-likeness (QED) is 0.645. The Bertz CT molecular complexity index is 653. The number of rotatable bonds is 2. The molecule has 116 valence electrons. The van der Waals surface area contributed by atoms with E-state index in [9.17, 15) is 14.8 Å². The van der Waals surface area contributed by atoms with Gasteiger partial charge in [-0.2, -0.15) is 0 Å². The average Bonchev–Trinajstić information content (AvgIpc) is 3.31. The third-order valence-corrected chi connectivity index (χ3v) is 5.24. The first kappa shape index (κ1) is 13.8. The molecular weight excluding hydrogens is 280 g/mol. The molecule has 0 bridgehead atoms. The molecule has 1 aromatic rings. The van der Waals surface area contributed by atoms with Gasteiger partial charge in [0.25, 0.3) is 5.91 Å². The van der Waals surface area contributed by atoms with Gasteiger partial charge < -0.3 is 5.32 Å². The second-order valence-corrected chi connectivity index (χ2v) is 6.99. The van der Waals surface area contributed by atoms with E-state index in [0.717, 1.165) is 49.3 Å². The van der Waals surface area contributed by atoms with E-state index in [1.807, 2.05) is 18.2 Å². The highest BCUT2D eigenvalue weighted by molar-refractivity contribution is 5.94. The van der Waals surface area contributed by atoms with Crippen molar-refractivity contribution in [2.75, 3.05) is 6.54 Å². The van der Waals surface area contributed by atoms with Gasteiger partial charge in [-0.05, 0) is 55.4 Å². The average molecular weight is 300 g/mol. The highest BCUT2D eigenvalue weighted by Crippen LogP contribution is 2.40. The van der Waals surface area contributed by atoms with Gasteiger partial charge in [0.1, 0.15) is 0 Å². The van der Waals surface area contributed by atoms with E-state index < -0.39 is 0 Å². The summed E-state index contributed by atoms with van der Waals surface area (Å²) in [4.78, 5) is 23.9. The fraction of sp³-hybridized carbons (Fsp3) is 0.529. The SMILES string of the molecule is O=C1C[C@]2(CCc3ccc(C(=O)N(O)C4CC4)cc3C2)CN1. The molecule has 3 aliphatic rings. The van der Waals surface area contributed by atoms with Gasteiger partial charge >= 0.3 is 0 Å². The summed E-state index contributed by atoms with van der Waals surface area (Å²) in [5.74, 6) is -0.184. The van der Waals surface area contributed by atoms with Crippen molar-refractivity contribution < 1.29 is 14.8 Å². The Labute approximate surface area is 129 Å². The number of fused-ring (bicyclic) bond motifs is 1. The molecule has 2 fully saturated rings. The molecule has 0 aromatic heterocycles. The minimum Gasteiger partial charge on any atom is -0.356 e. The summed E-state index contributed by atoms with van der Waals surface area (Å²) in [5.41, 5.74) is 2.97. The van der Waals surface area contributed by atoms with Crippen LogP contribution in [-0.2, 0) is 17.6 Å². The predicted molar refractivity (Wildman–Crippen MR) is 79.5 cm³/mol. The van der Waals surface area contributed by atoms with Crippen LogP contribution in [0.25, 0.3) is 0 Å². The Hall–Kier alpha value is -1.88. The lowest BCUT2D eigenvalue weighted by Crippen LogP contribution is -2.32. The molecule has 1 aliphatic heterocycles. The first-order chi connectivity index (χ1) is 10.6. The third-order valence-electron chi connectivity index (χ3n) is 5.24. The second kappa shape index (κ2) is 4.81. The summed E-state index contributed by atoms with van der Waals surface area (Å²) >= 11 is 0. The van der Waals surface area contributed by atoms with E-state index in [4.69, 9.17) is 0 Å². The maximum Gasteiger partial charge on any atom is 0.277 e. The lowest BCUT2D eigenvalue weighted by molar-refractivity contribution is -0.119. The van der Waals surface area contributed by atoms with Crippen LogP contribution in [0.5, 0.6) is 0 Å². The number of carbonyl (C=O) groups is 2. The Kier molecular flexibility index (Phi) is 3.01. The zero-order valence-electron chi connectivity index (χ0n) is 12.5. The van der Waals surface area contributed by atoms with Crippen LogP contribution in [0, 0.1) is 5.41 Å². The van der Waals surface area contributed by atoms with Crippen LogP contribution in [0.3, 0.4) is 0 Å². The zero-order valence-corrected chi connectivity index (χ0v) is 12.5. The van der Waals surface area contributed by atoms with Crippen LogP contribution in [-0.4, -0.2) is 34.7 Å². The van der Waals surface area contributed by atoms with Crippen molar-refractivity contribution in [1.82, 2.24) is 10.4 Å². The minimum atomic E-state index is -0.314. The highest BCUT2D eigenvalue weighted by atomic mass is 16.5. The Balaban J connectivity index is 1.59. The zero-order chi connectivity index (χ0) is 15.3. The van der Waals surface area contributed by atoms with Crippen molar-refractivity contribution in [3.8, 4) is 0 Å². The molecule has 1 saturated carbocycles. The monoisotopic (exact) mass is 300 g/mol. The predicted octanol–water partition coefficient (Wildman–Crippen LogP) is 1.68. The van der Waals surface area contributed by atoms with Crippen molar-refractivity contribution in [1.29, 1.82) is 0 Å². The summed E-state index contributed by atoms with van der Waals surface area (Å²) < 4.78 is 0. The lowest BCUT2D eigenvalue weighted by atomic mass is 9.71. The molecule has 1 saturated heterocycles. The fourth-order valence-corrected chi connectivity index (χ4v) is 3.73. The maximum absolute atomic E-state index is 12.3. The first-order valence-electron chi connectivity index (χ1n) is 7.97.